The molecule has 0 saturated heterocycles. The molecule has 4 rings (SSSR count). The van der Waals surface area contributed by atoms with Crippen LogP contribution in [0.15, 0.2) is 84.0 Å². The van der Waals surface area contributed by atoms with Crippen molar-refractivity contribution in [2.45, 2.75) is 13.5 Å². The molecule has 0 bridgehead atoms. The number of benzene rings is 3. The summed E-state index contributed by atoms with van der Waals surface area (Å²) in [6, 6.07) is 25.0. The molecule has 144 valence electrons. The van der Waals surface area contributed by atoms with Crippen molar-refractivity contribution in [2.75, 3.05) is 0 Å². The van der Waals surface area contributed by atoms with Gasteiger partial charge < -0.3 is 9.72 Å². The highest BCUT2D eigenvalue weighted by molar-refractivity contribution is 6.02. The Balaban J connectivity index is 1.47. The molecule has 4 aromatic rings. The van der Waals surface area contributed by atoms with Gasteiger partial charge in [-0.3, -0.25) is 4.79 Å². The van der Waals surface area contributed by atoms with Crippen LogP contribution in [0.2, 0.25) is 0 Å². The molecule has 1 heterocycles. The summed E-state index contributed by atoms with van der Waals surface area (Å²) in [5, 5.41) is 5.22. The van der Waals surface area contributed by atoms with Crippen LogP contribution < -0.4 is 10.2 Å². The lowest BCUT2D eigenvalue weighted by molar-refractivity contribution is 0.0950. The lowest BCUT2D eigenvalue weighted by atomic mass is 10.1. The van der Waals surface area contributed by atoms with Crippen molar-refractivity contribution in [3.05, 3.63) is 101 Å². The number of hydrogen-bond acceptors (Lipinski definition) is 3. The Kier molecular flexibility index (Phi) is 5.38. The maximum atomic E-state index is 12.6. The normalized spacial score (nSPS) is 11.1. The number of carbonyl (C=O) groups excluding carboxylic acids is 1. The quantitative estimate of drug-likeness (QED) is 0.370. The molecule has 1 amide bonds. The van der Waals surface area contributed by atoms with E-state index >= 15 is 0 Å². The van der Waals surface area contributed by atoms with Crippen LogP contribution >= 0.6 is 0 Å². The van der Waals surface area contributed by atoms with Crippen LogP contribution in [0.25, 0.3) is 10.9 Å². The molecule has 0 aliphatic heterocycles. The third kappa shape index (κ3) is 4.19. The average molecular weight is 383 g/mol. The molecular formula is C24H21N3O2. The molecular weight excluding hydrogens is 362 g/mol. The van der Waals surface area contributed by atoms with E-state index in [9.17, 15) is 4.79 Å². The van der Waals surface area contributed by atoms with Crippen molar-refractivity contribution in [3.8, 4) is 5.75 Å². The van der Waals surface area contributed by atoms with E-state index in [0.29, 0.717) is 17.9 Å². The van der Waals surface area contributed by atoms with Crippen LogP contribution in [0.1, 0.15) is 27.2 Å². The van der Waals surface area contributed by atoms with Gasteiger partial charge in [0.2, 0.25) is 0 Å². The SMILES string of the molecule is Cc1[nH]c2ccccc2c1/C=N/NC(=O)c1ccccc1OCc1ccccc1. The first-order chi connectivity index (χ1) is 14.2. The number of aromatic amines is 1. The van der Waals surface area contributed by atoms with Crippen molar-refractivity contribution in [1.29, 1.82) is 0 Å². The maximum Gasteiger partial charge on any atom is 0.275 e. The number of aromatic nitrogens is 1. The van der Waals surface area contributed by atoms with Crippen LogP contribution in [0.4, 0.5) is 0 Å². The molecule has 0 fully saturated rings. The van der Waals surface area contributed by atoms with E-state index in [1.54, 1.807) is 24.4 Å². The van der Waals surface area contributed by atoms with Gasteiger partial charge in [0.25, 0.3) is 5.91 Å². The predicted octanol–water partition coefficient (Wildman–Crippen LogP) is 4.82. The minimum Gasteiger partial charge on any atom is -0.488 e. The highest BCUT2D eigenvalue weighted by Crippen LogP contribution is 2.21. The first-order valence-corrected chi connectivity index (χ1v) is 9.39. The van der Waals surface area contributed by atoms with Crippen LogP contribution in [0.5, 0.6) is 5.75 Å². The molecule has 5 heteroatoms. The van der Waals surface area contributed by atoms with E-state index in [0.717, 1.165) is 27.7 Å². The van der Waals surface area contributed by atoms with Crippen LogP contribution in [-0.4, -0.2) is 17.1 Å². The van der Waals surface area contributed by atoms with Gasteiger partial charge in [-0.15, -0.1) is 0 Å². The third-order valence-corrected chi connectivity index (χ3v) is 4.67. The number of fused-ring (bicyclic) bond motifs is 1. The van der Waals surface area contributed by atoms with E-state index in [1.165, 1.54) is 0 Å². The second kappa shape index (κ2) is 8.44. The molecule has 0 aliphatic carbocycles. The molecule has 0 radical (unpaired) electrons. The van der Waals surface area contributed by atoms with Crippen molar-refractivity contribution in [1.82, 2.24) is 10.4 Å². The van der Waals surface area contributed by atoms with Crippen molar-refractivity contribution in [2.24, 2.45) is 5.10 Å². The Morgan fingerprint density at radius 2 is 1.72 bits per heavy atom. The predicted molar refractivity (Wildman–Crippen MR) is 115 cm³/mol. The lowest BCUT2D eigenvalue weighted by Crippen LogP contribution is -2.18. The number of amides is 1. The maximum absolute atomic E-state index is 12.6. The first-order valence-electron chi connectivity index (χ1n) is 9.39. The van der Waals surface area contributed by atoms with E-state index in [1.807, 2.05) is 67.6 Å². The average Bonchev–Trinajstić information content (AvgIpc) is 3.08. The minimum atomic E-state index is -0.317. The third-order valence-electron chi connectivity index (χ3n) is 4.67. The van der Waals surface area contributed by atoms with Gasteiger partial charge >= 0.3 is 0 Å². The van der Waals surface area contributed by atoms with E-state index in [2.05, 4.69) is 15.5 Å². The summed E-state index contributed by atoms with van der Waals surface area (Å²) in [5.41, 5.74) is 7.07. The van der Waals surface area contributed by atoms with E-state index in [-0.39, 0.29) is 5.91 Å². The number of aryl methyl sites for hydroxylation is 1. The van der Waals surface area contributed by atoms with Crippen LogP contribution in [-0.2, 0) is 6.61 Å². The Morgan fingerprint density at radius 1 is 1.00 bits per heavy atom. The highest BCUT2D eigenvalue weighted by atomic mass is 16.5. The number of ether oxygens (including phenoxy) is 1. The van der Waals surface area contributed by atoms with Crippen LogP contribution in [0, 0.1) is 6.92 Å². The number of nitrogens with one attached hydrogen (secondary N) is 2. The summed E-state index contributed by atoms with van der Waals surface area (Å²) in [5.74, 6) is 0.203. The molecule has 29 heavy (non-hydrogen) atoms. The molecule has 1 aromatic heterocycles. The largest absolute Gasteiger partial charge is 0.488 e. The van der Waals surface area contributed by atoms with Crippen LogP contribution in [0.3, 0.4) is 0 Å². The zero-order valence-electron chi connectivity index (χ0n) is 16.1. The molecule has 2 N–H and O–H groups in total. The van der Waals surface area contributed by atoms with E-state index in [4.69, 9.17) is 4.74 Å². The highest BCUT2D eigenvalue weighted by Gasteiger charge is 2.12. The minimum absolute atomic E-state index is 0.317. The molecule has 3 aromatic carbocycles. The summed E-state index contributed by atoms with van der Waals surface area (Å²) in [6.45, 7) is 2.37. The monoisotopic (exact) mass is 383 g/mol. The number of hydrazone groups is 1. The second-order valence-electron chi connectivity index (χ2n) is 6.68. The van der Waals surface area contributed by atoms with Gasteiger partial charge in [-0.05, 0) is 30.7 Å². The zero-order chi connectivity index (χ0) is 20.1. The Labute approximate surface area is 169 Å². The Bertz CT molecular complexity index is 1160. The molecule has 0 saturated carbocycles. The number of H-pyrrole nitrogens is 1. The van der Waals surface area contributed by atoms with Gasteiger partial charge in [-0.2, -0.15) is 5.10 Å². The fourth-order valence-corrected chi connectivity index (χ4v) is 3.20. The summed E-state index contributed by atoms with van der Waals surface area (Å²) in [6.07, 6.45) is 1.67. The van der Waals surface area contributed by atoms with Gasteiger partial charge in [-0.1, -0.05) is 60.7 Å². The fourth-order valence-electron chi connectivity index (χ4n) is 3.20. The second-order valence-corrected chi connectivity index (χ2v) is 6.68. The molecule has 0 aliphatic rings. The van der Waals surface area contributed by atoms with Gasteiger partial charge in [0, 0.05) is 22.2 Å². The molecule has 5 nitrogen and oxygen atoms in total. The Hall–Kier alpha value is -3.86. The molecule has 0 spiro atoms. The zero-order valence-corrected chi connectivity index (χ0v) is 16.1. The number of nitrogens with zero attached hydrogens (tertiary/aromatic N) is 1. The summed E-state index contributed by atoms with van der Waals surface area (Å²) < 4.78 is 5.86. The summed E-state index contributed by atoms with van der Waals surface area (Å²) >= 11 is 0. The lowest BCUT2D eigenvalue weighted by Gasteiger charge is -2.10. The van der Waals surface area contributed by atoms with E-state index < -0.39 is 0 Å². The van der Waals surface area contributed by atoms with Gasteiger partial charge in [-0.25, -0.2) is 5.43 Å². The summed E-state index contributed by atoms with van der Waals surface area (Å²) in [4.78, 5) is 16.0. The number of rotatable bonds is 6. The van der Waals surface area contributed by atoms with Crippen molar-refractivity contribution < 1.29 is 9.53 Å². The number of hydrogen-bond donors (Lipinski definition) is 2. The topological polar surface area (TPSA) is 66.5 Å². The van der Waals surface area contributed by atoms with Crippen molar-refractivity contribution >= 4 is 23.0 Å². The van der Waals surface area contributed by atoms with Crippen molar-refractivity contribution in [3.63, 3.8) is 0 Å². The standard InChI is InChI=1S/C24H21N3O2/c1-17-21(19-11-5-7-13-22(19)26-17)15-25-27-24(28)20-12-6-8-14-23(20)29-16-18-9-3-2-4-10-18/h2-15,26H,16H2,1H3,(H,27,28)/b25-15+. The van der Waals surface area contributed by atoms with Gasteiger partial charge in [0.15, 0.2) is 0 Å². The number of carbonyl (C=O) groups is 1. The molecule has 0 atom stereocenters. The summed E-state index contributed by atoms with van der Waals surface area (Å²) in [7, 11) is 0. The first kappa shape index (κ1) is 18.5. The Morgan fingerprint density at radius 3 is 2.59 bits per heavy atom. The fraction of sp³-hybridized carbons (Fsp3) is 0.0833. The molecule has 0 unspecified atom stereocenters. The van der Waals surface area contributed by atoms with Gasteiger partial charge in [0.1, 0.15) is 12.4 Å². The smallest absolute Gasteiger partial charge is 0.275 e. The van der Waals surface area contributed by atoms with Gasteiger partial charge in [0.05, 0.1) is 11.8 Å². The number of para-hydroxylation sites is 2.